The summed E-state index contributed by atoms with van der Waals surface area (Å²) in [7, 11) is 2.96. The van der Waals surface area contributed by atoms with Crippen LogP contribution in [0.2, 0.25) is 5.02 Å². The van der Waals surface area contributed by atoms with Crippen LogP contribution in [0, 0.1) is 0 Å². The number of methoxy groups -OCH3 is 2. The van der Waals surface area contributed by atoms with E-state index < -0.39 is 23.5 Å². The molecular weight excluding hydrogens is 514 g/mol. The zero-order valence-electron chi connectivity index (χ0n) is 20.5. The largest absolute Gasteiger partial charge is 0.495 e. The van der Waals surface area contributed by atoms with Gasteiger partial charge in [-0.2, -0.15) is 0 Å². The van der Waals surface area contributed by atoms with Crippen LogP contribution in [0.4, 0.5) is 5.69 Å². The molecule has 0 aliphatic carbocycles. The lowest BCUT2D eigenvalue weighted by atomic mass is 9.98. The van der Waals surface area contributed by atoms with E-state index in [1.807, 2.05) is 0 Å². The van der Waals surface area contributed by atoms with E-state index in [1.54, 1.807) is 24.4 Å². The molecule has 0 bridgehead atoms. The highest BCUT2D eigenvalue weighted by Crippen LogP contribution is 2.38. The number of oxazole rings is 1. The van der Waals surface area contributed by atoms with Crippen molar-refractivity contribution >= 4 is 29.2 Å². The van der Waals surface area contributed by atoms with Gasteiger partial charge in [0.1, 0.15) is 11.8 Å². The predicted molar refractivity (Wildman–Crippen MR) is 141 cm³/mol. The maximum absolute atomic E-state index is 13.4. The Labute approximate surface area is 222 Å². The van der Waals surface area contributed by atoms with Gasteiger partial charge in [0.05, 0.1) is 25.1 Å². The number of carbonyl (C=O) groups is 2. The summed E-state index contributed by atoms with van der Waals surface area (Å²) >= 11 is 6.28. The van der Waals surface area contributed by atoms with Gasteiger partial charge in [-0.3, -0.25) is 14.2 Å². The molecule has 2 aromatic carbocycles. The summed E-state index contributed by atoms with van der Waals surface area (Å²) in [6, 6.07) is 11.3. The van der Waals surface area contributed by atoms with Gasteiger partial charge in [0, 0.05) is 48.0 Å². The molecule has 0 aliphatic heterocycles. The average molecular weight is 538 g/mol. The minimum atomic E-state index is -1.08. The number of hydrogen-bond donors (Lipinski definition) is 2. The van der Waals surface area contributed by atoms with E-state index in [-0.39, 0.29) is 18.6 Å². The maximum atomic E-state index is 13.4. The fourth-order valence-electron chi connectivity index (χ4n) is 4.00. The number of aromatic nitrogens is 2. The lowest BCUT2D eigenvalue weighted by Gasteiger charge is -2.21. The van der Waals surface area contributed by atoms with Crippen LogP contribution in [-0.2, 0) is 9.53 Å². The Morgan fingerprint density at radius 3 is 2.50 bits per heavy atom. The Morgan fingerprint density at radius 2 is 1.87 bits per heavy atom. The van der Waals surface area contributed by atoms with Crippen LogP contribution in [-0.4, -0.2) is 47.4 Å². The summed E-state index contributed by atoms with van der Waals surface area (Å²) in [6.45, 7) is 0.205. The Kier molecular flexibility index (Phi) is 8.25. The first-order chi connectivity index (χ1) is 18.3. The quantitative estimate of drug-likeness (QED) is 0.296. The smallest absolute Gasteiger partial charge is 0.335 e. The molecule has 0 radical (unpaired) electrons. The number of aromatic carboxylic acids is 1. The molecule has 1 amide bonds. The van der Waals surface area contributed by atoms with Gasteiger partial charge in [0.25, 0.3) is 5.56 Å². The molecule has 0 saturated carbocycles. The molecule has 1 atom stereocenters. The van der Waals surface area contributed by atoms with E-state index in [9.17, 15) is 14.4 Å². The predicted octanol–water partition coefficient (Wildman–Crippen LogP) is 4.75. The number of nitrogens with zero attached hydrogens (tertiary/aromatic N) is 2. The molecule has 0 saturated heterocycles. The maximum Gasteiger partial charge on any atom is 0.335 e. The summed E-state index contributed by atoms with van der Waals surface area (Å²) in [4.78, 5) is 41.8. The zero-order chi connectivity index (χ0) is 27.2. The van der Waals surface area contributed by atoms with Gasteiger partial charge in [-0.1, -0.05) is 11.6 Å². The van der Waals surface area contributed by atoms with Crippen molar-refractivity contribution < 1.29 is 28.6 Å². The number of amides is 1. The minimum Gasteiger partial charge on any atom is -0.495 e. The van der Waals surface area contributed by atoms with Crippen molar-refractivity contribution in [2.75, 3.05) is 26.1 Å². The first-order valence-electron chi connectivity index (χ1n) is 11.4. The summed E-state index contributed by atoms with van der Waals surface area (Å²) in [5.41, 5.74) is 1.71. The van der Waals surface area contributed by atoms with Crippen molar-refractivity contribution in [2.45, 2.75) is 12.5 Å². The molecule has 0 aliphatic rings. The van der Waals surface area contributed by atoms with Crippen molar-refractivity contribution in [1.82, 2.24) is 9.55 Å². The van der Waals surface area contributed by atoms with Crippen LogP contribution < -0.4 is 15.6 Å². The normalized spacial score (nSPS) is 11.7. The SMILES string of the molecule is COCCC(C(=O)Nc1ccc(C(=O)O)cc1)n1cc(OC)c(-c2cc(Cl)ccc2-c2cnco2)cc1=O. The molecule has 11 heteroatoms. The Bertz CT molecular complexity index is 1500. The lowest BCUT2D eigenvalue weighted by molar-refractivity contribution is -0.119. The van der Waals surface area contributed by atoms with Gasteiger partial charge in [0.2, 0.25) is 5.91 Å². The number of anilines is 1. The summed E-state index contributed by atoms with van der Waals surface area (Å²) in [6.07, 6.45) is 4.51. The molecule has 0 spiro atoms. The van der Waals surface area contributed by atoms with Crippen molar-refractivity contribution in [1.29, 1.82) is 0 Å². The fourth-order valence-corrected chi connectivity index (χ4v) is 4.17. The number of rotatable bonds is 10. The Balaban J connectivity index is 1.74. The number of carboxylic acids is 1. The van der Waals surface area contributed by atoms with E-state index in [0.29, 0.717) is 38.9 Å². The first kappa shape index (κ1) is 26.6. The number of ether oxygens (including phenoxy) is 2. The number of pyridine rings is 1. The molecule has 4 rings (SSSR count). The number of hydrogen-bond acceptors (Lipinski definition) is 7. The van der Waals surface area contributed by atoms with Gasteiger partial charge in [-0.15, -0.1) is 0 Å². The number of carboxylic acid groups (broad SMARTS) is 1. The highest BCUT2D eigenvalue weighted by atomic mass is 35.5. The summed E-state index contributed by atoms with van der Waals surface area (Å²) in [5.74, 6) is -0.749. The van der Waals surface area contributed by atoms with Crippen molar-refractivity contribution in [2.24, 2.45) is 0 Å². The average Bonchev–Trinajstić information content (AvgIpc) is 3.44. The third kappa shape index (κ3) is 5.77. The van der Waals surface area contributed by atoms with Gasteiger partial charge in [-0.25, -0.2) is 9.78 Å². The molecule has 1 unspecified atom stereocenters. The third-order valence-corrected chi connectivity index (χ3v) is 6.10. The van der Waals surface area contributed by atoms with Crippen molar-refractivity contribution in [3.05, 3.63) is 88.3 Å². The second-order valence-electron chi connectivity index (χ2n) is 8.23. The Hall–Kier alpha value is -4.41. The van der Waals surface area contributed by atoms with Gasteiger partial charge in [0.15, 0.2) is 12.2 Å². The third-order valence-electron chi connectivity index (χ3n) is 5.87. The van der Waals surface area contributed by atoms with Gasteiger partial charge >= 0.3 is 5.97 Å². The van der Waals surface area contributed by atoms with Crippen LogP contribution >= 0.6 is 11.6 Å². The zero-order valence-corrected chi connectivity index (χ0v) is 21.3. The van der Waals surface area contributed by atoms with Crippen LogP contribution in [0.5, 0.6) is 5.75 Å². The van der Waals surface area contributed by atoms with E-state index in [4.69, 9.17) is 30.6 Å². The first-order valence-corrected chi connectivity index (χ1v) is 11.8. The molecule has 38 heavy (non-hydrogen) atoms. The van der Waals surface area contributed by atoms with E-state index >= 15 is 0 Å². The number of nitrogens with one attached hydrogen (secondary N) is 1. The van der Waals surface area contributed by atoms with Crippen molar-refractivity contribution in [3.63, 3.8) is 0 Å². The molecule has 2 N–H and O–H groups in total. The van der Waals surface area contributed by atoms with E-state index in [1.165, 1.54) is 61.7 Å². The molecule has 4 aromatic rings. The van der Waals surface area contributed by atoms with E-state index in [2.05, 4.69) is 10.3 Å². The standard InChI is InChI=1S/C27H24ClN3O7/c1-36-10-9-22(26(33)30-18-6-3-16(4-7-18)27(34)35)31-14-24(37-2)21(12-25(31)32)20-11-17(28)5-8-19(20)23-13-29-15-38-23/h3-8,11-15,22H,9-10H2,1-2H3,(H,30,33)(H,34,35). The molecule has 10 nitrogen and oxygen atoms in total. The van der Waals surface area contributed by atoms with Crippen LogP contribution in [0.3, 0.4) is 0 Å². The number of carbonyl (C=O) groups excluding carboxylic acids is 1. The van der Waals surface area contributed by atoms with Crippen LogP contribution in [0.1, 0.15) is 22.8 Å². The minimum absolute atomic E-state index is 0.0844. The van der Waals surface area contributed by atoms with Gasteiger partial charge < -0.3 is 24.3 Å². The topological polar surface area (TPSA) is 133 Å². The summed E-state index contributed by atoms with van der Waals surface area (Å²) in [5, 5.41) is 12.3. The van der Waals surface area contributed by atoms with Crippen LogP contribution in [0.25, 0.3) is 22.5 Å². The van der Waals surface area contributed by atoms with Crippen molar-refractivity contribution in [3.8, 4) is 28.2 Å². The highest BCUT2D eigenvalue weighted by molar-refractivity contribution is 6.31. The summed E-state index contributed by atoms with van der Waals surface area (Å²) < 4.78 is 17.5. The fraction of sp³-hybridized carbons (Fsp3) is 0.185. The molecule has 2 heterocycles. The van der Waals surface area contributed by atoms with E-state index in [0.717, 1.165) is 0 Å². The van der Waals surface area contributed by atoms with Crippen LogP contribution in [0.15, 0.2) is 76.5 Å². The molecule has 196 valence electrons. The highest BCUT2D eigenvalue weighted by Gasteiger charge is 2.24. The monoisotopic (exact) mass is 537 g/mol. The molecular formula is C27H24ClN3O7. The number of benzene rings is 2. The Morgan fingerprint density at radius 1 is 1.11 bits per heavy atom. The molecule has 2 aromatic heterocycles. The molecule has 0 fully saturated rings. The lowest BCUT2D eigenvalue weighted by Crippen LogP contribution is -2.34. The van der Waals surface area contributed by atoms with Gasteiger partial charge in [-0.05, 0) is 48.0 Å². The second kappa shape index (κ2) is 11.8. The second-order valence-corrected chi connectivity index (χ2v) is 8.66. The number of halogens is 1.